The zero-order chi connectivity index (χ0) is 17.7. The van der Waals surface area contributed by atoms with Crippen LogP contribution in [0.1, 0.15) is 32.6 Å². The van der Waals surface area contributed by atoms with E-state index in [1.54, 1.807) is 0 Å². The molecule has 8 heteroatoms. The summed E-state index contributed by atoms with van der Waals surface area (Å²) < 4.78 is 37.5. The Kier molecular flexibility index (Phi) is 6.06. The Hall–Kier alpha value is -1.80. The zero-order valence-corrected chi connectivity index (χ0v) is 15.0. The maximum absolute atomic E-state index is 12.5. The minimum Gasteiger partial charge on any atom is -0.493 e. The maximum atomic E-state index is 12.5. The second kappa shape index (κ2) is 7.85. The standard InChI is InChI=1S/C16H24N2O5S/c1-11(16(19)17-12-6-4-5-7-12)18-24(20,21)13-8-9-14(22-2)15(10-13)23-3/h8-12,18H,4-7H2,1-3H3,(H,17,19). The predicted octanol–water partition coefficient (Wildman–Crippen LogP) is 1.43. The van der Waals surface area contributed by atoms with Crippen LogP contribution in [0.2, 0.25) is 0 Å². The number of sulfonamides is 1. The molecule has 7 nitrogen and oxygen atoms in total. The second-order valence-electron chi connectivity index (χ2n) is 5.85. The van der Waals surface area contributed by atoms with E-state index in [1.165, 1.54) is 39.3 Å². The molecule has 1 atom stereocenters. The lowest BCUT2D eigenvalue weighted by molar-refractivity contribution is -0.123. The Labute approximate surface area is 142 Å². The number of hydrogen-bond acceptors (Lipinski definition) is 5. The highest BCUT2D eigenvalue weighted by Crippen LogP contribution is 2.29. The second-order valence-corrected chi connectivity index (χ2v) is 7.56. The summed E-state index contributed by atoms with van der Waals surface area (Å²) in [6.07, 6.45) is 4.08. The van der Waals surface area contributed by atoms with Gasteiger partial charge >= 0.3 is 0 Å². The molecule has 2 N–H and O–H groups in total. The molecule has 1 amide bonds. The minimum atomic E-state index is -3.84. The summed E-state index contributed by atoms with van der Waals surface area (Å²) >= 11 is 0. The molecular formula is C16H24N2O5S. The maximum Gasteiger partial charge on any atom is 0.241 e. The van der Waals surface area contributed by atoms with Crippen molar-refractivity contribution in [1.29, 1.82) is 0 Å². The van der Waals surface area contributed by atoms with Crippen molar-refractivity contribution in [1.82, 2.24) is 10.0 Å². The lowest BCUT2D eigenvalue weighted by atomic mass is 10.2. The van der Waals surface area contributed by atoms with E-state index in [0.29, 0.717) is 11.5 Å². The van der Waals surface area contributed by atoms with Crippen molar-refractivity contribution in [3.63, 3.8) is 0 Å². The summed E-state index contributed by atoms with van der Waals surface area (Å²) in [4.78, 5) is 12.2. The molecule has 0 saturated heterocycles. The van der Waals surface area contributed by atoms with Gasteiger partial charge < -0.3 is 14.8 Å². The first-order chi connectivity index (χ1) is 11.4. The van der Waals surface area contributed by atoms with Crippen LogP contribution in [0, 0.1) is 0 Å². The van der Waals surface area contributed by atoms with E-state index in [1.807, 2.05) is 0 Å². The number of methoxy groups -OCH3 is 2. The van der Waals surface area contributed by atoms with E-state index >= 15 is 0 Å². The topological polar surface area (TPSA) is 93.7 Å². The molecule has 2 rings (SSSR count). The van der Waals surface area contributed by atoms with Crippen molar-refractivity contribution < 1.29 is 22.7 Å². The zero-order valence-electron chi connectivity index (χ0n) is 14.2. The van der Waals surface area contributed by atoms with Gasteiger partial charge in [0.05, 0.1) is 25.2 Å². The molecule has 1 fully saturated rings. The van der Waals surface area contributed by atoms with E-state index in [9.17, 15) is 13.2 Å². The highest BCUT2D eigenvalue weighted by Gasteiger charge is 2.25. The number of carbonyl (C=O) groups is 1. The third kappa shape index (κ3) is 4.39. The summed E-state index contributed by atoms with van der Waals surface area (Å²) in [6, 6.07) is 3.57. The van der Waals surface area contributed by atoms with E-state index in [4.69, 9.17) is 9.47 Å². The molecule has 1 aromatic carbocycles. The summed E-state index contributed by atoms with van der Waals surface area (Å²) in [6.45, 7) is 1.53. The number of rotatable bonds is 7. The number of carbonyl (C=O) groups excluding carboxylic acids is 1. The van der Waals surface area contributed by atoms with Gasteiger partial charge in [0.1, 0.15) is 0 Å². The Bertz CT molecular complexity index is 684. The third-order valence-corrected chi connectivity index (χ3v) is 5.63. The van der Waals surface area contributed by atoms with Crippen LogP contribution in [-0.2, 0) is 14.8 Å². The first-order valence-corrected chi connectivity index (χ1v) is 9.40. The largest absolute Gasteiger partial charge is 0.493 e. The molecule has 1 saturated carbocycles. The lowest BCUT2D eigenvalue weighted by Crippen LogP contribution is -2.47. The van der Waals surface area contributed by atoms with Crippen LogP contribution < -0.4 is 19.5 Å². The third-order valence-electron chi connectivity index (χ3n) is 4.09. The van der Waals surface area contributed by atoms with Gasteiger partial charge in [-0.1, -0.05) is 12.8 Å². The van der Waals surface area contributed by atoms with Crippen molar-refractivity contribution in [2.45, 2.75) is 49.6 Å². The molecule has 134 valence electrons. The van der Waals surface area contributed by atoms with E-state index < -0.39 is 16.1 Å². The molecule has 0 aliphatic heterocycles. The van der Waals surface area contributed by atoms with Crippen LogP contribution in [-0.4, -0.2) is 40.6 Å². The van der Waals surface area contributed by atoms with E-state index in [-0.39, 0.29) is 16.8 Å². The van der Waals surface area contributed by atoms with Crippen molar-refractivity contribution in [2.75, 3.05) is 14.2 Å². The highest BCUT2D eigenvalue weighted by molar-refractivity contribution is 7.89. The molecule has 1 aliphatic carbocycles. The van der Waals surface area contributed by atoms with Gasteiger partial charge in [0.15, 0.2) is 11.5 Å². The number of amides is 1. The summed E-state index contributed by atoms with van der Waals surface area (Å²) in [5.41, 5.74) is 0. The number of ether oxygens (including phenoxy) is 2. The van der Waals surface area contributed by atoms with Gasteiger partial charge in [0.2, 0.25) is 15.9 Å². The van der Waals surface area contributed by atoms with Crippen LogP contribution in [0.4, 0.5) is 0 Å². The molecule has 1 aliphatic rings. The number of nitrogens with one attached hydrogen (secondary N) is 2. The van der Waals surface area contributed by atoms with Gasteiger partial charge in [0, 0.05) is 12.1 Å². The van der Waals surface area contributed by atoms with Crippen LogP contribution in [0.3, 0.4) is 0 Å². The first kappa shape index (κ1) is 18.5. The Balaban J connectivity index is 2.08. The predicted molar refractivity (Wildman–Crippen MR) is 89.7 cm³/mol. The normalized spacial score (nSPS) is 16.6. The molecular weight excluding hydrogens is 332 g/mol. The highest BCUT2D eigenvalue weighted by atomic mass is 32.2. The molecule has 0 bridgehead atoms. The summed E-state index contributed by atoms with van der Waals surface area (Å²) in [7, 11) is -0.940. The lowest BCUT2D eigenvalue weighted by Gasteiger charge is -2.18. The van der Waals surface area contributed by atoms with Crippen LogP contribution in [0.5, 0.6) is 11.5 Å². The average molecular weight is 356 g/mol. The van der Waals surface area contributed by atoms with Crippen LogP contribution in [0.25, 0.3) is 0 Å². The van der Waals surface area contributed by atoms with Gasteiger partial charge in [-0.25, -0.2) is 8.42 Å². The molecule has 24 heavy (non-hydrogen) atoms. The Morgan fingerprint density at radius 2 is 1.79 bits per heavy atom. The van der Waals surface area contributed by atoms with Crippen molar-refractivity contribution in [3.8, 4) is 11.5 Å². The van der Waals surface area contributed by atoms with E-state index in [2.05, 4.69) is 10.0 Å². The monoisotopic (exact) mass is 356 g/mol. The quantitative estimate of drug-likeness (QED) is 0.771. The molecule has 0 heterocycles. The molecule has 0 spiro atoms. The fraction of sp³-hybridized carbons (Fsp3) is 0.562. The van der Waals surface area contributed by atoms with Gasteiger partial charge in [-0.2, -0.15) is 4.72 Å². The summed E-state index contributed by atoms with van der Waals surface area (Å²) in [5.74, 6) is 0.429. The van der Waals surface area contributed by atoms with Gasteiger partial charge in [-0.3, -0.25) is 4.79 Å². The van der Waals surface area contributed by atoms with Crippen LogP contribution >= 0.6 is 0 Å². The smallest absolute Gasteiger partial charge is 0.241 e. The van der Waals surface area contributed by atoms with Crippen molar-refractivity contribution >= 4 is 15.9 Å². The minimum absolute atomic E-state index is 0.0145. The molecule has 1 unspecified atom stereocenters. The van der Waals surface area contributed by atoms with E-state index in [0.717, 1.165) is 25.7 Å². The van der Waals surface area contributed by atoms with Crippen molar-refractivity contribution in [2.24, 2.45) is 0 Å². The number of hydrogen-bond donors (Lipinski definition) is 2. The Morgan fingerprint density at radius 1 is 1.17 bits per heavy atom. The SMILES string of the molecule is COc1ccc(S(=O)(=O)NC(C)C(=O)NC2CCCC2)cc1OC. The summed E-state index contributed by atoms with van der Waals surface area (Å²) in [5, 5.41) is 2.88. The fourth-order valence-electron chi connectivity index (χ4n) is 2.73. The van der Waals surface area contributed by atoms with Gasteiger partial charge in [0.25, 0.3) is 0 Å². The number of benzene rings is 1. The molecule has 1 aromatic rings. The average Bonchev–Trinajstić information content (AvgIpc) is 3.06. The Morgan fingerprint density at radius 3 is 2.38 bits per heavy atom. The first-order valence-electron chi connectivity index (χ1n) is 7.92. The van der Waals surface area contributed by atoms with Gasteiger partial charge in [-0.05, 0) is 31.9 Å². The fourth-order valence-corrected chi connectivity index (χ4v) is 3.95. The molecule has 0 radical (unpaired) electrons. The van der Waals surface area contributed by atoms with Crippen LogP contribution in [0.15, 0.2) is 23.1 Å². The van der Waals surface area contributed by atoms with Crippen molar-refractivity contribution in [3.05, 3.63) is 18.2 Å². The molecule has 0 aromatic heterocycles. The van der Waals surface area contributed by atoms with Gasteiger partial charge in [-0.15, -0.1) is 0 Å².